The van der Waals surface area contributed by atoms with E-state index in [-0.39, 0.29) is 24.2 Å². The second kappa shape index (κ2) is 19.0. The van der Waals surface area contributed by atoms with Gasteiger partial charge in [0, 0.05) is 51.0 Å². The number of carboxylic acids is 3. The van der Waals surface area contributed by atoms with Gasteiger partial charge in [0.25, 0.3) is 5.91 Å². The first-order valence-corrected chi connectivity index (χ1v) is 17.6. The molecule has 286 valence electrons. The summed E-state index contributed by atoms with van der Waals surface area (Å²) in [5.41, 5.74) is 1.02. The third kappa shape index (κ3) is 11.4. The molecule has 5 rings (SSSR count). The van der Waals surface area contributed by atoms with Crippen LogP contribution < -0.4 is 10.6 Å². The first-order valence-electron chi connectivity index (χ1n) is 17.6. The highest BCUT2D eigenvalue weighted by Gasteiger charge is 2.41. The van der Waals surface area contributed by atoms with E-state index in [2.05, 4.69) is 51.8 Å². The smallest absolute Gasteiger partial charge is 0.336 e. The second-order valence-corrected chi connectivity index (χ2v) is 13.6. The average Bonchev–Trinajstić information content (AvgIpc) is 3.11. The number of methoxy groups -OCH3 is 1. The number of aryl methyl sites for hydroxylation is 1. The molecule has 3 aliphatic rings. The highest BCUT2D eigenvalue weighted by Crippen LogP contribution is 2.32. The van der Waals surface area contributed by atoms with E-state index in [1.165, 1.54) is 17.5 Å². The molecule has 1 amide bonds. The number of anilines is 1. The molecule has 0 bridgehead atoms. The number of carbonyl (C=O) groups excluding carboxylic acids is 1. The van der Waals surface area contributed by atoms with Crippen molar-refractivity contribution in [3.05, 3.63) is 53.0 Å². The lowest BCUT2D eigenvalue weighted by Gasteiger charge is -2.38. The summed E-state index contributed by atoms with van der Waals surface area (Å²) in [6.07, 6.45) is 5.46. The van der Waals surface area contributed by atoms with Crippen LogP contribution in [-0.4, -0.2) is 129 Å². The van der Waals surface area contributed by atoms with Crippen LogP contribution in [0, 0.1) is 13.8 Å². The molecule has 0 aliphatic carbocycles. The predicted molar refractivity (Wildman–Crippen MR) is 187 cm³/mol. The number of rotatable bonds is 13. The van der Waals surface area contributed by atoms with Crippen LogP contribution in [0.1, 0.15) is 84.6 Å². The number of hydrogen-bond donors (Lipinski definition) is 6. The van der Waals surface area contributed by atoms with Crippen LogP contribution >= 0.6 is 0 Å². The topological polar surface area (TPSA) is 230 Å². The fourth-order valence-electron chi connectivity index (χ4n) is 6.68. The van der Waals surface area contributed by atoms with Gasteiger partial charge in [-0.05, 0) is 57.9 Å². The lowest BCUT2D eigenvalue weighted by molar-refractivity contribution is -0.170. The van der Waals surface area contributed by atoms with Crippen LogP contribution in [0.3, 0.4) is 0 Å². The largest absolute Gasteiger partial charge is 0.481 e. The summed E-state index contributed by atoms with van der Waals surface area (Å²) in [5, 5.41) is 41.0. The Labute approximate surface area is 302 Å². The lowest BCUT2D eigenvalue weighted by Crippen LogP contribution is -2.54. The van der Waals surface area contributed by atoms with Gasteiger partial charge in [0.15, 0.2) is 5.60 Å². The molecule has 2 aromatic rings. The number of hydrogen-bond acceptors (Lipinski definition) is 12. The number of carboxylic acid groups (broad SMARTS) is 3. The van der Waals surface area contributed by atoms with Crippen LogP contribution in [-0.2, 0) is 28.6 Å². The van der Waals surface area contributed by atoms with E-state index >= 15 is 0 Å². The van der Waals surface area contributed by atoms with E-state index in [4.69, 9.17) is 34.6 Å². The number of benzene rings is 1. The number of likely N-dealkylation sites (tertiary alicyclic amines) is 1. The van der Waals surface area contributed by atoms with Crippen LogP contribution in [0.2, 0.25) is 0 Å². The second-order valence-electron chi connectivity index (χ2n) is 13.6. The molecular weight excluding hydrogens is 678 g/mol. The molecule has 1 aromatic carbocycles. The van der Waals surface area contributed by atoms with E-state index in [0.29, 0.717) is 49.8 Å². The number of piperidine rings is 1. The van der Waals surface area contributed by atoms with Crippen LogP contribution in [0.15, 0.2) is 30.6 Å². The van der Waals surface area contributed by atoms with Crippen molar-refractivity contribution in [2.24, 2.45) is 0 Å². The average molecular weight is 730 g/mol. The van der Waals surface area contributed by atoms with Gasteiger partial charge in [-0.25, -0.2) is 14.8 Å². The molecule has 52 heavy (non-hydrogen) atoms. The van der Waals surface area contributed by atoms with E-state index in [1.54, 1.807) is 7.11 Å². The van der Waals surface area contributed by atoms with Gasteiger partial charge >= 0.3 is 17.9 Å². The van der Waals surface area contributed by atoms with Gasteiger partial charge < -0.3 is 50.2 Å². The van der Waals surface area contributed by atoms with Crippen LogP contribution in [0.4, 0.5) is 5.82 Å². The highest BCUT2D eigenvalue weighted by molar-refractivity contribution is 5.94. The van der Waals surface area contributed by atoms with Gasteiger partial charge in [0.1, 0.15) is 17.8 Å². The lowest BCUT2D eigenvalue weighted by atomic mass is 9.96. The maximum absolute atomic E-state index is 13.4. The third-order valence-corrected chi connectivity index (χ3v) is 9.71. The van der Waals surface area contributed by atoms with Gasteiger partial charge in [-0.2, -0.15) is 0 Å². The van der Waals surface area contributed by atoms with Crippen LogP contribution in [0.5, 0.6) is 0 Å². The molecule has 0 unspecified atom stereocenters. The highest BCUT2D eigenvalue weighted by atomic mass is 16.5. The summed E-state index contributed by atoms with van der Waals surface area (Å²) in [7, 11) is 1.74. The molecule has 16 nitrogen and oxygen atoms in total. The normalized spacial score (nSPS) is 22.5. The monoisotopic (exact) mass is 729 g/mol. The van der Waals surface area contributed by atoms with Crippen molar-refractivity contribution in [2.45, 2.75) is 101 Å². The maximum atomic E-state index is 13.4. The molecule has 0 saturated carbocycles. The van der Waals surface area contributed by atoms with Crippen molar-refractivity contribution in [3.8, 4) is 0 Å². The van der Waals surface area contributed by atoms with Crippen molar-refractivity contribution in [2.75, 3.05) is 45.3 Å². The number of aliphatic hydroxyl groups is 1. The fraction of sp³-hybridized carbons (Fsp3) is 0.611. The van der Waals surface area contributed by atoms with Gasteiger partial charge in [0.05, 0.1) is 37.8 Å². The van der Waals surface area contributed by atoms with E-state index in [1.807, 2.05) is 11.8 Å². The quantitative estimate of drug-likeness (QED) is 0.174. The Morgan fingerprint density at radius 2 is 1.63 bits per heavy atom. The number of aliphatic carboxylic acids is 3. The molecule has 3 saturated heterocycles. The van der Waals surface area contributed by atoms with Gasteiger partial charge in [-0.3, -0.25) is 14.4 Å². The summed E-state index contributed by atoms with van der Waals surface area (Å²) in [6.45, 7) is 7.50. The zero-order valence-corrected chi connectivity index (χ0v) is 30.0. The summed E-state index contributed by atoms with van der Waals surface area (Å²) in [6, 6.07) is 9.30. The molecule has 3 aliphatic heterocycles. The Bertz CT molecular complexity index is 1500. The summed E-state index contributed by atoms with van der Waals surface area (Å²) >= 11 is 0. The third-order valence-electron chi connectivity index (χ3n) is 9.71. The van der Waals surface area contributed by atoms with Crippen LogP contribution in [0.25, 0.3) is 0 Å². The first kappa shape index (κ1) is 40.5. The number of nitrogens with zero attached hydrogens (tertiary/aromatic N) is 3. The van der Waals surface area contributed by atoms with Crippen molar-refractivity contribution in [1.82, 2.24) is 20.2 Å². The summed E-state index contributed by atoms with van der Waals surface area (Å²) in [5.74, 6) is -4.34. The number of nitrogens with one attached hydrogen (secondary N) is 2. The summed E-state index contributed by atoms with van der Waals surface area (Å²) < 4.78 is 17.6. The predicted octanol–water partition coefficient (Wildman–Crippen LogP) is 2.57. The molecule has 0 radical (unpaired) electrons. The van der Waals surface area contributed by atoms with Crippen molar-refractivity contribution in [3.63, 3.8) is 0 Å². The zero-order valence-electron chi connectivity index (χ0n) is 30.0. The minimum atomic E-state index is -2.74. The number of amides is 1. The molecule has 3 fully saturated rings. The standard InChI is InChI=1S/C30H43N5O4.C6H8O7/c1-20-7-9-22(10-8-20)26-6-4-5-24(39-26)17-31-29-21(2)28(32-19-33-29)30(36)35-14-11-23(12-15-35)34-25-13-16-38-18-27(25)37-3;7-3(8)1-6(13,5(11)12)2-4(9)10/h7-10,19,23-27,34H,4-6,11-18H2,1-3H3,(H,31,32,33);13H,1-2H2,(H,7,8)(H,9,10)(H,11,12)/t24-,25-,26+,27+;/m1./s1. The molecule has 1 aromatic heterocycles. The SMILES string of the molecule is CO[C@H]1COCC[C@H]1NC1CCN(C(=O)c2ncnc(NC[C@H]3CCC[C@@H](c4ccc(C)cc4)O3)c2C)CC1.O=C(O)CC(O)(CC(=O)O)C(=O)O. The first-order chi connectivity index (χ1) is 24.8. The summed E-state index contributed by atoms with van der Waals surface area (Å²) in [4.78, 5) is 54.7. The van der Waals surface area contributed by atoms with E-state index in [9.17, 15) is 19.2 Å². The molecule has 16 heteroatoms. The van der Waals surface area contributed by atoms with Gasteiger partial charge in [-0.1, -0.05) is 29.8 Å². The Balaban J connectivity index is 0.000000398. The molecule has 4 heterocycles. The minimum Gasteiger partial charge on any atom is -0.481 e. The van der Waals surface area contributed by atoms with Crippen molar-refractivity contribution in [1.29, 1.82) is 0 Å². The van der Waals surface area contributed by atoms with Gasteiger partial charge in [-0.15, -0.1) is 0 Å². The molecule has 0 spiro atoms. The number of aromatic nitrogens is 2. The molecular formula is C36H51N5O11. The van der Waals surface area contributed by atoms with Crippen molar-refractivity contribution < 1.29 is 53.8 Å². The van der Waals surface area contributed by atoms with E-state index in [0.717, 1.165) is 50.7 Å². The Morgan fingerprint density at radius 1 is 0.962 bits per heavy atom. The van der Waals surface area contributed by atoms with Gasteiger partial charge in [0.2, 0.25) is 0 Å². The fourth-order valence-corrected chi connectivity index (χ4v) is 6.68. The maximum Gasteiger partial charge on any atom is 0.336 e. The molecule has 4 atom stereocenters. The number of ether oxygens (including phenoxy) is 3. The zero-order chi connectivity index (χ0) is 37.8. The Morgan fingerprint density at radius 3 is 2.25 bits per heavy atom. The molecule has 6 N–H and O–H groups in total. The Kier molecular flexibility index (Phi) is 14.8. The number of carbonyl (C=O) groups is 4. The Hall–Kier alpha value is -4.22. The van der Waals surface area contributed by atoms with Crippen molar-refractivity contribution >= 4 is 29.6 Å². The van der Waals surface area contributed by atoms with E-state index < -0.39 is 36.4 Å². The minimum absolute atomic E-state index is 0.0226.